The van der Waals surface area contributed by atoms with Gasteiger partial charge in [-0.05, 0) is 62.8 Å². The van der Waals surface area contributed by atoms with Crippen LogP contribution in [-0.2, 0) is 32.6 Å². The second-order valence-corrected chi connectivity index (χ2v) is 11.6. The van der Waals surface area contributed by atoms with E-state index in [2.05, 4.69) is 5.32 Å². The summed E-state index contributed by atoms with van der Waals surface area (Å²) in [6.45, 7) is 10.4. The molecule has 2 atom stereocenters. The summed E-state index contributed by atoms with van der Waals surface area (Å²) in [6, 6.07) is 14.8. The van der Waals surface area contributed by atoms with Crippen LogP contribution < -0.4 is 9.62 Å². The van der Waals surface area contributed by atoms with Crippen molar-refractivity contribution in [3.05, 3.63) is 65.2 Å². The molecule has 0 saturated heterocycles. The summed E-state index contributed by atoms with van der Waals surface area (Å²) in [5.41, 5.74) is 3.75. The fourth-order valence-electron chi connectivity index (χ4n) is 4.27. The van der Waals surface area contributed by atoms with E-state index in [-0.39, 0.29) is 30.8 Å². The Hall–Kier alpha value is -2.87. The zero-order valence-electron chi connectivity index (χ0n) is 23.2. The van der Waals surface area contributed by atoms with E-state index in [1.165, 1.54) is 10.6 Å². The van der Waals surface area contributed by atoms with Gasteiger partial charge in [0, 0.05) is 25.6 Å². The lowest BCUT2D eigenvalue weighted by Crippen LogP contribution is -2.50. The highest BCUT2D eigenvalue weighted by Crippen LogP contribution is 2.21. The van der Waals surface area contributed by atoms with Gasteiger partial charge in [-0.15, -0.1) is 0 Å². The predicted octanol–water partition coefficient (Wildman–Crippen LogP) is 4.83. The molecular formula is C29H43N3O4S. The molecule has 2 rings (SSSR count). The minimum atomic E-state index is -3.52. The number of anilines is 1. The number of hydrogen-bond acceptors (Lipinski definition) is 4. The summed E-state index contributed by atoms with van der Waals surface area (Å²) in [4.78, 5) is 28.3. The molecule has 7 nitrogen and oxygen atoms in total. The van der Waals surface area contributed by atoms with Crippen molar-refractivity contribution in [3.8, 4) is 0 Å². The summed E-state index contributed by atoms with van der Waals surface area (Å²) in [6.07, 6.45) is 3.81. The monoisotopic (exact) mass is 529 g/mol. The lowest BCUT2D eigenvalue weighted by molar-refractivity contribution is -0.141. The number of hydrogen-bond donors (Lipinski definition) is 1. The molecule has 204 valence electrons. The molecule has 2 amide bonds. The molecule has 0 radical (unpaired) electrons. The van der Waals surface area contributed by atoms with Crippen molar-refractivity contribution in [1.29, 1.82) is 0 Å². The Labute approximate surface area is 223 Å². The average Bonchev–Trinajstić information content (AvgIpc) is 2.85. The van der Waals surface area contributed by atoms with Crippen molar-refractivity contribution in [1.82, 2.24) is 10.2 Å². The number of nitrogens with zero attached hydrogens (tertiary/aromatic N) is 2. The van der Waals surface area contributed by atoms with Gasteiger partial charge in [0.05, 0.1) is 11.9 Å². The third kappa shape index (κ3) is 9.18. The number of amides is 2. The predicted molar refractivity (Wildman–Crippen MR) is 151 cm³/mol. The maximum Gasteiger partial charge on any atom is 0.243 e. The highest BCUT2D eigenvalue weighted by atomic mass is 32.2. The van der Waals surface area contributed by atoms with Crippen LogP contribution >= 0.6 is 0 Å². The van der Waals surface area contributed by atoms with Gasteiger partial charge in [0.15, 0.2) is 0 Å². The topological polar surface area (TPSA) is 86.8 Å². The van der Waals surface area contributed by atoms with E-state index in [9.17, 15) is 18.0 Å². The van der Waals surface area contributed by atoms with Crippen LogP contribution in [0.2, 0.25) is 0 Å². The van der Waals surface area contributed by atoms with E-state index < -0.39 is 16.1 Å². The quantitative estimate of drug-likeness (QED) is 0.380. The van der Waals surface area contributed by atoms with Crippen LogP contribution in [0.15, 0.2) is 48.5 Å². The number of benzene rings is 2. The van der Waals surface area contributed by atoms with Gasteiger partial charge in [-0.1, -0.05) is 62.7 Å². The molecule has 2 aromatic rings. The molecule has 0 spiro atoms. The lowest BCUT2D eigenvalue weighted by Gasteiger charge is -2.32. The standard InChI is InChI=1S/C29H43N3O4S/c1-7-23(5)30-29(34)27(9-3)31(21-25-13-10-12-22(4)20-25)28(33)14-11-19-32(37(6,35)36)26-17-15-24(8-2)16-18-26/h10,12-13,15-18,20,23,27H,7-9,11,14,19,21H2,1-6H3,(H,30,34)/t23-,27+/m0/s1. The molecule has 0 bridgehead atoms. The maximum absolute atomic E-state index is 13.5. The number of carbonyl (C=O) groups is 2. The summed E-state index contributed by atoms with van der Waals surface area (Å²) >= 11 is 0. The molecule has 0 unspecified atom stereocenters. The van der Waals surface area contributed by atoms with Crippen LogP contribution in [0, 0.1) is 6.92 Å². The van der Waals surface area contributed by atoms with Crippen molar-refractivity contribution in [3.63, 3.8) is 0 Å². The minimum absolute atomic E-state index is 0.0138. The van der Waals surface area contributed by atoms with Gasteiger partial charge in [0.2, 0.25) is 21.8 Å². The van der Waals surface area contributed by atoms with Crippen molar-refractivity contribution in [2.45, 2.75) is 85.4 Å². The van der Waals surface area contributed by atoms with Gasteiger partial charge in [0.1, 0.15) is 6.04 Å². The first-order chi connectivity index (χ1) is 17.5. The third-order valence-electron chi connectivity index (χ3n) is 6.61. The Bertz CT molecular complexity index is 1130. The molecule has 0 saturated carbocycles. The summed E-state index contributed by atoms with van der Waals surface area (Å²) in [5.74, 6) is -0.325. The zero-order chi connectivity index (χ0) is 27.6. The number of rotatable bonds is 14. The van der Waals surface area contributed by atoms with Crippen LogP contribution in [0.1, 0.15) is 70.1 Å². The highest BCUT2D eigenvalue weighted by molar-refractivity contribution is 7.92. The van der Waals surface area contributed by atoms with Crippen LogP contribution in [0.5, 0.6) is 0 Å². The van der Waals surface area contributed by atoms with E-state index in [4.69, 9.17) is 0 Å². The van der Waals surface area contributed by atoms with E-state index >= 15 is 0 Å². The molecular weight excluding hydrogens is 486 g/mol. The fourth-order valence-corrected chi connectivity index (χ4v) is 5.24. The molecule has 8 heteroatoms. The first-order valence-electron chi connectivity index (χ1n) is 13.2. The number of nitrogens with one attached hydrogen (secondary N) is 1. The Morgan fingerprint density at radius 2 is 1.65 bits per heavy atom. The molecule has 0 aromatic heterocycles. The Morgan fingerprint density at radius 3 is 2.19 bits per heavy atom. The zero-order valence-corrected chi connectivity index (χ0v) is 24.0. The van der Waals surface area contributed by atoms with E-state index in [0.29, 0.717) is 25.1 Å². The van der Waals surface area contributed by atoms with Crippen molar-refractivity contribution < 1.29 is 18.0 Å². The minimum Gasteiger partial charge on any atom is -0.352 e. The Morgan fingerprint density at radius 1 is 0.973 bits per heavy atom. The molecule has 0 aliphatic rings. The molecule has 1 N–H and O–H groups in total. The lowest BCUT2D eigenvalue weighted by atomic mass is 10.1. The summed E-state index contributed by atoms with van der Waals surface area (Å²) in [7, 11) is -3.52. The first kappa shape index (κ1) is 30.4. The highest BCUT2D eigenvalue weighted by Gasteiger charge is 2.29. The molecule has 0 aliphatic heterocycles. The van der Waals surface area contributed by atoms with E-state index in [1.807, 2.05) is 71.0 Å². The van der Waals surface area contributed by atoms with Gasteiger partial charge in [-0.3, -0.25) is 13.9 Å². The molecule has 37 heavy (non-hydrogen) atoms. The van der Waals surface area contributed by atoms with E-state index in [0.717, 1.165) is 29.5 Å². The Kier molecular flexibility index (Phi) is 11.6. The van der Waals surface area contributed by atoms with Crippen molar-refractivity contribution >= 4 is 27.5 Å². The first-order valence-corrected chi connectivity index (χ1v) is 15.1. The summed E-state index contributed by atoms with van der Waals surface area (Å²) in [5, 5.41) is 3.02. The number of carbonyl (C=O) groups excluding carboxylic acids is 2. The molecule has 0 aliphatic carbocycles. The molecule has 0 fully saturated rings. The summed E-state index contributed by atoms with van der Waals surface area (Å²) < 4.78 is 26.4. The fraction of sp³-hybridized carbons (Fsp3) is 0.517. The second kappa shape index (κ2) is 14.2. The SMILES string of the molecule is CCc1ccc(N(CCCC(=O)N(Cc2cccc(C)c2)[C@H](CC)C(=O)N[C@@H](C)CC)S(C)(=O)=O)cc1. The van der Waals surface area contributed by atoms with Gasteiger partial charge < -0.3 is 10.2 Å². The van der Waals surface area contributed by atoms with E-state index in [1.54, 1.807) is 17.0 Å². The average molecular weight is 530 g/mol. The maximum atomic E-state index is 13.5. The van der Waals surface area contributed by atoms with Crippen molar-refractivity contribution in [2.75, 3.05) is 17.1 Å². The van der Waals surface area contributed by atoms with Gasteiger partial charge in [-0.2, -0.15) is 0 Å². The van der Waals surface area contributed by atoms with Gasteiger partial charge in [-0.25, -0.2) is 8.42 Å². The normalized spacial score (nSPS) is 13.0. The smallest absolute Gasteiger partial charge is 0.243 e. The second-order valence-electron chi connectivity index (χ2n) is 9.71. The van der Waals surface area contributed by atoms with Crippen LogP contribution in [0.3, 0.4) is 0 Å². The van der Waals surface area contributed by atoms with Crippen LogP contribution in [0.25, 0.3) is 0 Å². The third-order valence-corrected chi connectivity index (χ3v) is 7.80. The molecule has 0 heterocycles. The number of sulfonamides is 1. The molecule has 2 aromatic carbocycles. The Balaban J connectivity index is 2.22. The van der Waals surface area contributed by atoms with Crippen molar-refractivity contribution in [2.24, 2.45) is 0 Å². The van der Waals surface area contributed by atoms with Gasteiger partial charge in [0.25, 0.3) is 0 Å². The van der Waals surface area contributed by atoms with Crippen LogP contribution in [-0.4, -0.2) is 50.0 Å². The largest absolute Gasteiger partial charge is 0.352 e. The number of aryl methyl sites for hydroxylation is 2. The van der Waals surface area contributed by atoms with Crippen LogP contribution in [0.4, 0.5) is 5.69 Å². The van der Waals surface area contributed by atoms with Gasteiger partial charge >= 0.3 is 0 Å².